The number of hydrogen-bond donors (Lipinski definition) is 1. The molecule has 2 N–H and O–H groups in total. The molecule has 2 aromatic heterocycles. The van der Waals surface area contributed by atoms with Crippen molar-refractivity contribution in [2.45, 2.75) is 6.92 Å². The number of nitrogens with zero attached hydrogens (tertiary/aromatic N) is 2. The molecule has 0 aliphatic rings. The standard InChI is InChI=1S/C13H9Cl2N3OS/c1-6-4-20-12-11(6)17-5-18-13(12)19-10-3-8(15)7(14)2-9(10)16/h2-5H,16H2,1H3. The maximum Gasteiger partial charge on any atom is 0.240 e. The van der Waals surface area contributed by atoms with E-state index in [0.717, 1.165) is 15.8 Å². The molecule has 0 aliphatic heterocycles. The van der Waals surface area contributed by atoms with Gasteiger partial charge in [0.1, 0.15) is 11.0 Å². The molecule has 102 valence electrons. The van der Waals surface area contributed by atoms with Gasteiger partial charge in [-0.3, -0.25) is 0 Å². The summed E-state index contributed by atoms with van der Waals surface area (Å²) in [4.78, 5) is 8.39. The van der Waals surface area contributed by atoms with E-state index in [9.17, 15) is 0 Å². The smallest absolute Gasteiger partial charge is 0.240 e. The topological polar surface area (TPSA) is 61.0 Å². The first-order valence-corrected chi connectivity index (χ1v) is 7.31. The molecule has 0 aliphatic carbocycles. The van der Waals surface area contributed by atoms with Crippen LogP contribution < -0.4 is 10.5 Å². The summed E-state index contributed by atoms with van der Waals surface area (Å²) in [5.41, 5.74) is 8.24. The fourth-order valence-corrected chi connectivity index (χ4v) is 3.01. The number of hydrogen-bond acceptors (Lipinski definition) is 5. The Morgan fingerprint density at radius 3 is 2.75 bits per heavy atom. The van der Waals surface area contributed by atoms with E-state index in [0.29, 0.717) is 27.4 Å². The third-order valence-corrected chi connectivity index (χ3v) is 4.55. The lowest BCUT2D eigenvalue weighted by Crippen LogP contribution is -1.95. The average molecular weight is 326 g/mol. The second-order valence-corrected chi connectivity index (χ2v) is 5.88. The maximum absolute atomic E-state index is 5.98. The van der Waals surface area contributed by atoms with Crippen molar-refractivity contribution in [2.75, 3.05) is 5.73 Å². The van der Waals surface area contributed by atoms with Gasteiger partial charge >= 0.3 is 0 Å². The van der Waals surface area contributed by atoms with Crippen LogP contribution in [0.3, 0.4) is 0 Å². The van der Waals surface area contributed by atoms with Gasteiger partial charge in [-0.15, -0.1) is 11.3 Å². The number of aryl methyl sites for hydroxylation is 1. The summed E-state index contributed by atoms with van der Waals surface area (Å²) >= 11 is 13.4. The van der Waals surface area contributed by atoms with Crippen LogP contribution in [0.2, 0.25) is 10.0 Å². The van der Waals surface area contributed by atoms with Gasteiger partial charge in [0.05, 0.1) is 21.2 Å². The first-order valence-electron chi connectivity index (χ1n) is 5.67. The van der Waals surface area contributed by atoms with E-state index in [2.05, 4.69) is 9.97 Å². The van der Waals surface area contributed by atoms with Gasteiger partial charge in [0, 0.05) is 6.07 Å². The molecule has 0 saturated heterocycles. The van der Waals surface area contributed by atoms with E-state index in [1.165, 1.54) is 17.7 Å². The molecule has 20 heavy (non-hydrogen) atoms. The van der Waals surface area contributed by atoms with Gasteiger partial charge in [0.25, 0.3) is 0 Å². The molecule has 0 bridgehead atoms. The minimum atomic E-state index is 0.378. The zero-order valence-corrected chi connectivity index (χ0v) is 12.7. The summed E-state index contributed by atoms with van der Waals surface area (Å²) in [5.74, 6) is 0.878. The Labute approximate surface area is 129 Å². The number of nitrogens with two attached hydrogens (primary N) is 1. The zero-order chi connectivity index (χ0) is 14.3. The van der Waals surface area contributed by atoms with Crippen LogP contribution in [-0.2, 0) is 0 Å². The highest BCUT2D eigenvalue weighted by molar-refractivity contribution is 7.17. The fraction of sp³-hybridized carbons (Fsp3) is 0.0769. The Morgan fingerprint density at radius 1 is 1.20 bits per heavy atom. The van der Waals surface area contributed by atoms with Crippen molar-refractivity contribution < 1.29 is 4.74 Å². The van der Waals surface area contributed by atoms with Gasteiger partial charge in [-0.1, -0.05) is 23.2 Å². The molecule has 0 atom stereocenters. The van der Waals surface area contributed by atoms with Crippen molar-refractivity contribution in [1.82, 2.24) is 9.97 Å². The SMILES string of the molecule is Cc1csc2c(Oc3cc(Cl)c(Cl)cc3N)ncnc12. The van der Waals surface area contributed by atoms with Crippen LogP contribution in [-0.4, -0.2) is 9.97 Å². The lowest BCUT2D eigenvalue weighted by atomic mass is 10.3. The van der Waals surface area contributed by atoms with Crippen LogP contribution in [0.5, 0.6) is 11.6 Å². The number of fused-ring (bicyclic) bond motifs is 1. The molecule has 0 amide bonds. The van der Waals surface area contributed by atoms with Crippen LogP contribution in [0.4, 0.5) is 5.69 Å². The Kier molecular flexibility index (Phi) is 3.41. The van der Waals surface area contributed by atoms with Crippen molar-refractivity contribution in [1.29, 1.82) is 0 Å². The van der Waals surface area contributed by atoms with Crippen LogP contribution in [0.1, 0.15) is 5.56 Å². The fourth-order valence-electron chi connectivity index (χ4n) is 1.76. The van der Waals surface area contributed by atoms with Gasteiger partial charge < -0.3 is 10.5 Å². The maximum atomic E-state index is 5.98. The van der Waals surface area contributed by atoms with E-state index in [1.54, 1.807) is 12.1 Å². The van der Waals surface area contributed by atoms with Gasteiger partial charge in [-0.25, -0.2) is 9.97 Å². The largest absolute Gasteiger partial charge is 0.435 e. The number of anilines is 1. The third-order valence-electron chi connectivity index (χ3n) is 2.76. The number of rotatable bonds is 2. The Morgan fingerprint density at radius 2 is 1.95 bits per heavy atom. The highest BCUT2D eigenvalue weighted by Gasteiger charge is 2.13. The van der Waals surface area contributed by atoms with Crippen LogP contribution in [0, 0.1) is 6.92 Å². The monoisotopic (exact) mass is 325 g/mol. The Hall–Kier alpha value is -1.56. The molecule has 0 radical (unpaired) electrons. The van der Waals surface area contributed by atoms with Crippen LogP contribution in [0.25, 0.3) is 10.2 Å². The van der Waals surface area contributed by atoms with Gasteiger partial charge in [-0.05, 0) is 23.9 Å². The molecule has 0 spiro atoms. The summed E-state index contributed by atoms with van der Waals surface area (Å²) in [7, 11) is 0. The number of ether oxygens (including phenoxy) is 1. The number of aromatic nitrogens is 2. The summed E-state index contributed by atoms with van der Waals surface area (Å²) in [6.07, 6.45) is 1.46. The highest BCUT2D eigenvalue weighted by Crippen LogP contribution is 2.37. The minimum absolute atomic E-state index is 0.378. The number of halogens is 2. The molecule has 4 nitrogen and oxygen atoms in total. The van der Waals surface area contributed by atoms with Crippen LogP contribution >= 0.6 is 34.5 Å². The van der Waals surface area contributed by atoms with E-state index in [1.807, 2.05) is 12.3 Å². The number of benzene rings is 1. The Balaban J connectivity index is 2.08. The molecular formula is C13H9Cl2N3OS. The molecule has 0 unspecified atom stereocenters. The van der Waals surface area contributed by atoms with Crippen molar-refractivity contribution in [3.63, 3.8) is 0 Å². The van der Waals surface area contributed by atoms with Crippen molar-refractivity contribution in [3.8, 4) is 11.6 Å². The lowest BCUT2D eigenvalue weighted by Gasteiger charge is -2.09. The molecule has 1 aromatic carbocycles. The second-order valence-electron chi connectivity index (χ2n) is 4.18. The van der Waals surface area contributed by atoms with E-state index >= 15 is 0 Å². The summed E-state index contributed by atoms with van der Waals surface area (Å²) < 4.78 is 6.63. The van der Waals surface area contributed by atoms with Crippen molar-refractivity contribution in [3.05, 3.63) is 39.4 Å². The molecule has 3 aromatic rings. The second kappa shape index (κ2) is 5.09. The third kappa shape index (κ3) is 2.28. The number of nitrogen functional groups attached to an aromatic ring is 1. The van der Waals surface area contributed by atoms with Gasteiger partial charge in [0.2, 0.25) is 5.88 Å². The average Bonchev–Trinajstić information content (AvgIpc) is 2.79. The first-order chi connectivity index (χ1) is 9.56. The molecule has 7 heteroatoms. The molecule has 3 rings (SSSR count). The quantitative estimate of drug-likeness (QED) is 0.695. The van der Waals surface area contributed by atoms with Crippen LogP contribution in [0.15, 0.2) is 23.8 Å². The van der Waals surface area contributed by atoms with Gasteiger partial charge in [0.15, 0.2) is 5.75 Å². The van der Waals surface area contributed by atoms with E-state index < -0.39 is 0 Å². The molecule has 2 heterocycles. The summed E-state index contributed by atoms with van der Waals surface area (Å²) in [6.45, 7) is 1.99. The minimum Gasteiger partial charge on any atom is -0.435 e. The summed E-state index contributed by atoms with van der Waals surface area (Å²) in [5, 5.41) is 2.77. The normalized spacial score (nSPS) is 10.9. The van der Waals surface area contributed by atoms with E-state index in [-0.39, 0.29) is 0 Å². The van der Waals surface area contributed by atoms with Crippen molar-refractivity contribution in [2.24, 2.45) is 0 Å². The van der Waals surface area contributed by atoms with Crippen molar-refractivity contribution >= 4 is 50.4 Å². The Bertz CT molecular complexity index is 804. The summed E-state index contributed by atoms with van der Waals surface area (Å²) in [6, 6.07) is 3.13. The molecule has 0 saturated carbocycles. The predicted octanol–water partition coefficient (Wildman–Crippen LogP) is 4.68. The van der Waals surface area contributed by atoms with E-state index in [4.69, 9.17) is 33.7 Å². The lowest BCUT2D eigenvalue weighted by molar-refractivity contribution is 0.471. The first kappa shape index (κ1) is 13.4. The number of thiophene rings is 1. The zero-order valence-electron chi connectivity index (χ0n) is 10.4. The molecule has 0 fully saturated rings. The van der Waals surface area contributed by atoms with Gasteiger partial charge in [-0.2, -0.15) is 0 Å². The molecular weight excluding hydrogens is 317 g/mol. The predicted molar refractivity (Wildman–Crippen MR) is 83.1 cm³/mol. The highest BCUT2D eigenvalue weighted by atomic mass is 35.5.